The molecule has 2 aromatic rings. The Morgan fingerprint density at radius 1 is 1.42 bits per heavy atom. The van der Waals surface area contributed by atoms with Crippen LogP contribution in [0.3, 0.4) is 0 Å². The fourth-order valence-corrected chi connectivity index (χ4v) is 3.32. The van der Waals surface area contributed by atoms with Gasteiger partial charge in [-0.05, 0) is 42.8 Å². The third kappa shape index (κ3) is 2.34. The lowest BCUT2D eigenvalue weighted by atomic mass is 9.95. The van der Waals surface area contributed by atoms with Gasteiger partial charge in [0.05, 0.1) is 0 Å². The van der Waals surface area contributed by atoms with Gasteiger partial charge in [0.25, 0.3) is 0 Å². The van der Waals surface area contributed by atoms with E-state index in [1.165, 1.54) is 5.56 Å². The molecule has 19 heavy (non-hydrogen) atoms. The highest BCUT2D eigenvalue weighted by Crippen LogP contribution is 2.37. The Morgan fingerprint density at radius 2 is 2.16 bits per heavy atom. The van der Waals surface area contributed by atoms with Crippen molar-refractivity contribution < 1.29 is 0 Å². The van der Waals surface area contributed by atoms with E-state index in [0.717, 1.165) is 34.5 Å². The van der Waals surface area contributed by atoms with Crippen LogP contribution in [0.15, 0.2) is 11.4 Å². The lowest BCUT2D eigenvalue weighted by Crippen LogP contribution is -2.05. The number of nitrogen functional groups attached to an aromatic ring is 1. The summed E-state index contributed by atoms with van der Waals surface area (Å²) >= 11 is 1.66. The molecule has 0 spiro atoms. The second-order valence-electron chi connectivity index (χ2n) is 4.61. The molecule has 0 amide bonds. The van der Waals surface area contributed by atoms with Crippen LogP contribution in [-0.2, 0) is 6.42 Å². The summed E-state index contributed by atoms with van der Waals surface area (Å²) in [6, 6.07) is 4.30. The molecule has 0 unspecified atom stereocenters. The van der Waals surface area contributed by atoms with Crippen LogP contribution in [0.4, 0.5) is 5.82 Å². The molecule has 2 heterocycles. The fraction of sp³-hybridized carbons (Fsp3) is 0.333. The van der Waals surface area contributed by atoms with Gasteiger partial charge in [-0.2, -0.15) is 5.26 Å². The van der Waals surface area contributed by atoms with E-state index in [9.17, 15) is 5.26 Å². The van der Waals surface area contributed by atoms with E-state index in [1.807, 2.05) is 12.3 Å². The van der Waals surface area contributed by atoms with Gasteiger partial charge in [0.1, 0.15) is 17.5 Å². The van der Waals surface area contributed by atoms with Crippen molar-refractivity contribution in [2.75, 3.05) is 5.73 Å². The topological polar surface area (TPSA) is 62.7 Å². The molecule has 0 fully saturated rings. The number of nitrogens with zero attached hydrogens (tertiary/aromatic N) is 2. The smallest absolute Gasteiger partial charge is 0.142 e. The van der Waals surface area contributed by atoms with E-state index in [-0.39, 0.29) is 0 Å². The molecule has 0 bridgehead atoms. The monoisotopic (exact) mass is 271 g/mol. The van der Waals surface area contributed by atoms with Crippen LogP contribution in [-0.4, -0.2) is 4.98 Å². The molecule has 0 atom stereocenters. The number of rotatable bonds is 3. The van der Waals surface area contributed by atoms with E-state index in [1.54, 1.807) is 11.3 Å². The average Bonchev–Trinajstić information content (AvgIpc) is 2.78. The van der Waals surface area contributed by atoms with Crippen LogP contribution in [0.1, 0.15) is 35.7 Å². The van der Waals surface area contributed by atoms with Crippen molar-refractivity contribution in [1.29, 1.82) is 5.26 Å². The minimum absolute atomic E-state index is 0.336. The molecule has 0 saturated heterocycles. The van der Waals surface area contributed by atoms with Gasteiger partial charge >= 0.3 is 0 Å². The first-order valence-corrected chi connectivity index (χ1v) is 7.21. The Hall–Kier alpha value is -1.86. The third-order valence-electron chi connectivity index (χ3n) is 3.23. The molecule has 98 valence electrons. The molecular formula is C15H17N3S. The quantitative estimate of drug-likeness (QED) is 0.922. The van der Waals surface area contributed by atoms with Crippen LogP contribution in [0.25, 0.3) is 10.4 Å². The highest BCUT2D eigenvalue weighted by atomic mass is 32.1. The molecule has 0 saturated carbocycles. The number of hydrogen-bond acceptors (Lipinski definition) is 4. The molecular weight excluding hydrogens is 254 g/mol. The van der Waals surface area contributed by atoms with Gasteiger partial charge in [-0.25, -0.2) is 4.98 Å². The van der Waals surface area contributed by atoms with E-state index in [0.29, 0.717) is 11.4 Å². The number of aryl methyl sites for hydroxylation is 2. The summed E-state index contributed by atoms with van der Waals surface area (Å²) in [5.74, 6) is 0.336. The van der Waals surface area contributed by atoms with Gasteiger partial charge in [0.2, 0.25) is 0 Å². The molecule has 0 aliphatic rings. The normalized spacial score (nSPS) is 10.4. The maximum Gasteiger partial charge on any atom is 0.142 e. The largest absolute Gasteiger partial charge is 0.383 e. The number of anilines is 1. The lowest BCUT2D eigenvalue weighted by molar-refractivity contribution is 0.901. The number of hydrogen-bond donors (Lipinski definition) is 1. The standard InChI is InChI=1S/C15H17N3S/c1-4-5-11-10(3)18-15(17)12(8-16)13(11)14-9(2)6-7-19-14/h6-7H,4-5H2,1-3H3,(H2,17,18). The van der Waals surface area contributed by atoms with Gasteiger partial charge in [-0.3, -0.25) is 0 Å². The van der Waals surface area contributed by atoms with Crippen LogP contribution >= 0.6 is 11.3 Å². The summed E-state index contributed by atoms with van der Waals surface area (Å²) in [4.78, 5) is 5.46. The van der Waals surface area contributed by atoms with Crippen molar-refractivity contribution in [3.63, 3.8) is 0 Å². The summed E-state index contributed by atoms with van der Waals surface area (Å²) in [5, 5.41) is 11.5. The molecule has 0 aliphatic carbocycles. The van der Waals surface area contributed by atoms with E-state index < -0.39 is 0 Å². The minimum Gasteiger partial charge on any atom is -0.383 e. The van der Waals surface area contributed by atoms with Crippen LogP contribution in [0.5, 0.6) is 0 Å². The number of pyridine rings is 1. The van der Waals surface area contributed by atoms with Gasteiger partial charge < -0.3 is 5.73 Å². The zero-order valence-electron chi connectivity index (χ0n) is 11.4. The zero-order valence-corrected chi connectivity index (χ0v) is 12.3. The second kappa shape index (κ2) is 5.41. The predicted octanol–water partition coefficient (Wildman–Crippen LogP) is 3.83. The zero-order chi connectivity index (χ0) is 14.0. The van der Waals surface area contributed by atoms with E-state index >= 15 is 0 Å². The van der Waals surface area contributed by atoms with Crippen molar-refractivity contribution in [2.24, 2.45) is 0 Å². The molecule has 2 rings (SSSR count). The number of nitriles is 1. The molecule has 0 aromatic carbocycles. The van der Waals surface area contributed by atoms with Gasteiger partial charge in [0, 0.05) is 16.1 Å². The summed E-state index contributed by atoms with van der Waals surface area (Å²) < 4.78 is 0. The van der Waals surface area contributed by atoms with Crippen molar-refractivity contribution in [3.05, 3.63) is 33.8 Å². The molecule has 2 aromatic heterocycles. The Kier molecular flexibility index (Phi) is 3.87. The van der Waals surface area contributed by atoms with Crippen molar-refractivity contribution in [3.8, 4) is 16.5 Å². The number of aromatic nitrogens is 1. The maximum atomic E-state index is 9.41. The number of nitrogens with two attached hydrogens (primary N) is 1. The van der Waals surface area contributed by atoms with Crippen LogP contribution < -0.4 is 5.73 Å². The Labute approximate surface area is 117 Å². The molecule has 4 heteroatoms. The molecule has 2 N–H and O–H groups in total. The van der Waals surface area contributed by atoms with Gasteiger partial charge in [-0.1, -0.05) is 13.3 Å². The van der Waals surface area contributed by atoms with E-state index in [4.69, 9.17) is 5.73 Å². The van der Waals surface area contributed by atoms with Crippen LogP contribution in [0.2, 0.25) is 0 Å². The first kappa shape index (κ1) is 13.6. The molecule has 3 nitrogen and oxygen atoms in total. The minimum atomic E-state index is 0.336. The Bertz CT molecular complexity index is 650. The van der Waals surface area contributed by atoms with E-state index in [2.05, 4.69) is 31.0 Å². The third-order valence-corrected chi connectivity index (χ3v) is 4.27. The lowest BCUT2D eigenvalue weighted by Gasteiger charge is -2.14. The summed E-state index contributed by atoms with van der Waals surface area (Å²) in [5.41, 5.74) is 10.7. The van der Waals surface area contributed by atoms with Crippen LogP contribution in [0, 0.1) is 25.2 Å². The summed E-state index contributed by atoms with van der Waals surface area (Å²) in [7, 11) is 0. The van der Waals surface area contributed by atoms with Crippen molar-refractivity contribution in [1.82, 2.24) is 4.98 Å². The first-order valence-electron chi connectivity index (χ1n) is 6.33. The molecule has 0 radical (unpaired) electrons. The highest BCUT2D eigenvalue weighted by molar-refractivity contribution is 7.13. The second-order valence-corrected chi connectivity index (χ2v) is 5.52. The predicted molar refractivity (Wildman–Crippen MR) is 80.1 cm³/mol. The number of thiophene rings is 1. The SMILES string of the molecule is CCCc1c(C)nc(N)c(C#N)c1-c1sccc1C. The molecule has 0 aliphatic heterocycles. The summed E-state index contributed by atoms with van der Waals surface area (Å²) in [6.07, 6.45) is 1.94. The fourth-order valence-electron chi connectivity index (χ4n) is 2.31. The van der Waals surface area contributed by atoms with Gasteiger partial charge in [-0.15, -0.1) is 11.3 Å². The summed E-state index contributed by atoms with van der Waals surface area (Å²) in [6.45, 7) is 6.16. The maximum absolute atomic E-state index is 9.41. The van der Waals surface area contributed by atoms with Crippen molar-refractivity contribution >= 4 is 17.2 Å². The van der Waals surface area contributed by atoms with Gasteiger partial charge in [0.15, 0.2) is 0 Å². The Morgan fingerprint density at radius 3 is 2.68 bits per heavy atom. The average molecular weight is 271 g/mol. The highest BCUT2D eigenvalue weighted by Gasteiger charge is 2.19. The first-order chi connectivity index (χ1) is 9.10. The Balaban J connectivity index is 2.82. The van der Waals surface area contributed by atoms with Crippen molar-refractivity contribution in [2.45, 2.75) is 33.6 Å².